The van der Waals surface area contributed by atoms with E-state index >= 15 is 0 Å². The van der Waals surface area contributed by atoms with Gasteiger partial charge in [-0.25, -0.2) is 4.79 Å². The van der Waals surface area contributed by atoms with E-state index in [9.17, 15) is 20.1 Å². The van der Waals surface area contributed by atoms with E-state index in [1.807, 2.05) is 13.8 Å². The standard InChI is InChI=1S/C13H23NO7/c1-3-6(2)14-10-7(16)4-9(13(19)20)21-12(10)11(18)8(17)5-15/h4,6-8,10-12,14-18H,3,5H2,1-2H3,(H,19,20)/t6?,7-,8+,10+,11+,12+/m0/s1. The van der Waals surface area contributed by atoms with Gasteiger partial charge < -0.3 is 35.6 Å². The van der Waals surface area contributed by atoms with E-state index in [0.717, 1.165) is 12.5 Å². The molecule has 0 aromatic carbocycles. The predicted molar refractivity (Wildman–Crippen MR) is 72.4 cm³/mol. The highest BCUT2D eigenvalue weighted by Crippen LogP contribution is 2.23. The normalized spacial score (nSPS) is 30.0. The number of nitrogens with one attached hydrogen (secondary N) is 1. The van der Waals surface area contributed by atoms with Gasteiger partial charge in [-0.1, -0.05) is 6.92 Å². The molecule has 0 aromatic heterocycles. The van der Waals surface area contributed by atoms with Crippen LogP contribution < -0.4 is 5.32 Å². The Labute approximate surface area is 122 Å². The number of aliphatic hydroxyl groups is 4. The fraction of sp³-hybridized carbons (Fsp3) is 0.769. The first-order valence-electron chi connectivity index (χ1n) is 6.84. The molecule has 0 bridgehead atoms. The van der Waals surface area contributed by atoms with Gasteiger partial charge in [0.25, 0.3) is 0 Å². The summed E-state index contributed by atoms with van der Waals surface area (Å²) < 4.78 is 5.18. The first kappa shape index (κ1) is 17.9. The van der Waals surface area contributed by atoms with Gasteiger partial charge in [0.15, 0.2) is 0 Å². The number of carboxylic acids is 1. The largest absolute Gasteiger partial charge is 0.479 e. The Morgan fingerprint density at radius 2 is 2.10 bits per heavy atom. The zero-order valence-electron chi connectivity index (χ0n) is 12.0. The maximum atomic E-state index is 11.0. The van der Waals surface area contributed by atoms with Gasteiger partial charge in [0, 0.05) is 6.04 Å². The number of ether oxygens (including phenoxy) is 1. The second-order valence-electron chi connectivity index (χ2n) is 5.15. The van der Waals surface area contributed by atoms with Crippen molar-refractivity contribution in [1.29, 1.82) is 0 Å². The Kier molecular flexibility index (Phi) is 6.56. The van der Waals surface area contributed by atoms with Crippen LogP contribution in [0.25, 0.3) is 0 Å². The van der Waals surface area contributed by atoms with Crippen LogP contribution in [0.1, 0.15) is 20.3 Å². The molecule has 1 unspecified atom stereocenters. The molecule has 21 heavy (non-hydrogen) atoms. The number of rotatable bonds is 7. The fourth-order valence-corrected chi connectivity index (χ4v) is 2.08. The zero-order chi connectivity index (χ0) is 16.2. The Balaban J connectivity index is 3.01. The molecule has 0 spiro atoms. The van der Waals surface area contributed by atoms with Gasteiger partial charge in [-0.15, -0.1) is 0 Å². The highest BCUT2D eigenvalue weighted by Gasteiger charge is 2.42. The molecular formula is C13H23NO7. The average molecular weight is 305 g/mol. The lowest BCUT2D eigenvalue weighted by Gasteiger charge is -2.39. The van der Waals surface area contributed by atoms with E-state index in [0.29, 0.717) is 0 Å². The molecule has 0 saturated heterocycles. The summed E-state index contributed by atoms with van der Waals surface area (Å²) in [7, 11) is 0. The number of hydrogen-bond acceptors (Lipinski definition) is 7. The minimum absolute atomic E-state index is 0.0194. The summed E-state index contributed by atoms with van der Waals surface area (Å²) in [5.74, 6) is -1.88. The van der Waals surface area contributed by atoms with Gasteiger partial charge in [0.05, 0.1) is 18.8 Å². The maximum absolute atomic E-state index is 11.0. The van der Waals surface area contributed by atoms with Gasteiger partial charge in [-0.05, 0) is 19.4 Å². The summed E-state index contributed by atoms with van der Waals surface area (Å²) in [5.41, 5.74) is 0. The lowest BCUT2D eigenvalue weighted by Crippen LogP contribution is -2.60. The summed E-state index contributed by atoms with van der Waals surface area (Å²) in [6.45, 7) is 3.06. The number of carboxylic acid groups (broad SMARTS) is 1. The van der Waals surface area contributed by atoms with Crippen LogP contribution in [0.5, 0.6) is 0 Å². The van der Waals surface area contributed by atoms with E-state index < -0.39 is 48.8 Å². The maximum Gasteiger partial charge on any atom is 0.370 e. The van der Waals surface area contributed by atoms with Crippen molar-refractivity contribution < 1.29 is 35.1 Å². The second kappa shape index (κ2) is 7.71. The summed E-state index contributed by atoms with van der Waals surface area (Å²) in [5, 5.41) is 50.5. The van der Waals surface area contributed by atoms with Crippen molar-refractivity contribution in [2.24, 2.45) is 0 Å². The Morgan fingerprint density at radius 3 is 2.57 bits per heavy atom. The Bertz CT molecular complexity index is 387. The van der Waals surface area contributed by atoms with Gasteiger partial charge >= 0.3 is 5.97 Å². The first-order valence-corrected chi connectivity index (χ1v) is 6.84. The van der Waals surface area contributed by atoms with Crippen LogP contribution in [-0.4, -0.2) is 74.6 Å². The first-order chi connectivity index (χ1) is 9.81. The number of aliphatic carboxylic acids is 1. The van der Waals surface area contributed by atoms with Crippen molar-refractivity contribution in [3.05, 3.63) is 11.8 Å². The van der Waals surface area contributed by atoms with Gasteiger partial charge in [-0.2, -0.15) is 0 Å². The highest BCUT2D eigenvalue weighted by molar-refractivity contribution is 5.84. The van der Waals surface area contributed by atoms with E-state index in [-0.39, 0.29) is 6.04 Å². The molecule has 0 radical (unpaired) electrons. The molecule has 6 N–H and O–H groups in total. The van der Waals surface area contributed by atoms with Crippen molar-refractivity contribution in [2.75, 3.05) is 6.61 Å². The van der Waals surface area contributed by atoms with Crippen molar-refractivity contribution in [1.82, 2.24) is 5.32 Å². The third kappa shape index (κ3) is 4.39. The second-order valence-corrected chi connectivity index (χ2v) is 5.15. The molecule has 1 aliphatic heterocycles. The smallest absolute Gasteiger partial charge is 0.370 e. The van der Waals surface area contributed by atoms with Crippen LogP contribution in [0.3, 0.4) is 0 Å². The average Bonchev–Trinajstić information content (AvgIpc) is 2.46. The topological polar surface area (TPSA) is 139 Å². The fourth-order valence-electron chi connectivity index (χ4n) is 2.08. The molecule has 1 aliphatic rings. The molecular weight excluding hydrogens is 282 g/mol. The molecule has 8 heteroatoms. The molecule has 1 heterocycles. The Hall–Kier alpha value is -1.19. The van der Waals surface area contributed by atoms with Crippen molar-refractivity contribution in [2.45, 2.75) is 56.8 Å². The van der Waals surface area contributed by atoms with Gasteiger partial charge in [0.2, 0.25) is 5.76 Å². The minimum Gasteiger partial charge on any atom is -0.479 e. The third-order valence-electron chi connectivity index (χ3n) is 3.53. The molecule has 0 fully saturated rings. The lowest BCUT2D eigenvalue weighted by atomic mass is 9.93. The molecule has 6 atom stereocenters. The monoisotopic (exact) mass is 305 g/mol. The summed E-state index contributed by atoms with van der Waals surface area (Å²) in [6, 6.07) is -0.826. The van der Waals surface area contributed by atoms with Crippen LogP contribution in [0.15, 0.2) is 11.8 Å². The summed E-state index contributed by atoms with van der Waals surface area (Å²) in [6.07, 6.45) is -3.68. The van der Waals surface area contributed by atoms with Crippen molar-refractivity contribution >= 4 is 5.97 Å². The van der Waals surface area contributed by atoms with Crippen LogP contribution in [-0.2, 0) is 9.53 Å². The third-order valence-corrected chi connectivity index (χ3v) is 3.53. The molecule has 0 aliphatic carbocycles. The predicted octanol–water partition coefficient (Wildman–Crippen LogP) is -1.81. The molecule has 1 rings (SSSR count). The minimum atomic E-state index is -1.55. The van der Waals surface area contributed by atoms with E-state index in [2.05, 4.69) is 5.32 Å². The SMILES string of the molecule is CCC(C)N[C@H]1[C@H]([C@H](O)[C@H](O)CO)OC(C(=O)O)=C[C@@H]1O. The number of carbonyl (C=O) groups is 1. The summed E-state index contributed by atoms with van der Waals surface area (Å²) >= 11 is 0. The van der Waals surface area contributed by atoms with Crippen LogP contribution in [0.4, 0.5) is 0 Å². The van der Waals surface area contributed by atoms with Crippen molar-refractivity contribution in [3.8, 4) is 0 Å². The number of hydrogen-bond donors (Lipinski definition) is 6. The quantitative estimate of drug-likeness (QED) is 0.323. The van der Waals surface area contributed by atoms with Gasteiger partial charge in [0.1, 0.15) is 18.3 Å². The zero-order valence-corrected chi connectivity index (χ0v) is 12.0. The molecule has 0 saturated carbocycles. The molecule has 8 nitrogen and oxygen atoms in total. The van der Waals surface area contributed by atoms with Crippen LogP contribution in [0, 0.1) is 0 Å². The van der Waals surface area contributed by atoms with Crippen LogP contribution >= 0.6 is 0 Å². The molecule has 122 valence electrons. The van der Waals surface area contributed by atoms with E-state index in [4.69, 9.17) is 14.9 Å². The van der Waals surface area contributed by atoms with E-state index in [1.54, 1.807) is 0 Å². The summed E-state index contributed by atoms with van der Waals surface area (Å²) in [4.78, 5) is 11.0. The van der Waals surface area contributed by atoms with Gasteiger partial charge in [-0.3, -0.25) is 0 Å². The van der Waals surface area contributed by atoms with E-state index in [1.165, 1.54) is 0 Å². The highest BCUT2D eigenvalue weighted by atomic mass is 16.5. The lowest BCUT2D eigenvalue weighted by molar-refractivity contribution is -0.148. The molecule has 0 aromatic rings. The Morgan fingerprint density at radius 1 is 1.48 bits per heavy atom. The van der Waals surface area contributed by atoms with Crippen LogP contribution in [0.2, 0.25) is 0 Å². The number of aliphatic hydroxyl groups excluding tert-OH is 4. The van der Waals surface area contributed by atoms with Crippen molar-refractivity contribution in [3.63, 3.8) is 0 Å². The molecule has 0 amide bonds.